The van der Waals surface area contributed by atoms with Crippen LogP contribution in [0.5, 0.6) is 0 Å². The SMILES string of the molecule is CC(=O)N(CCNC(=O)Cc1ccccc1)c1c(Cl)cccc1Cl. The highest BCUT2D eigenvalue weighted by Gasteiger charge is 2.18. The molecule has 0 spiro atoms. The van der Waals surface area contributed by atoms with Crippen LogP contribution < -0.4 is 10.2 Å². The summed E-state index contributed by atoms with van der Waals surface area (Å²) in [6, 6.07) is 14.5. The Morgan fingerprint density at radius 2 is 1.62 bits per heavy atom. The Morgan fingerprint density at radius 1 is 1.00 bits per heavy atom. The van der Waals surface area contributed by atoms with Crippen LogP contribution in [0.15, 0.2) is 48.5 Å². The lowest BCUT2D eigenvalue weighted by Gasteiger charge is -2.23. The van der Waals surface area contributed by atoms with Crippen molar-refractivity contribution in [3.63, 3.8) is 0 Å². The molecule has 0 bridgehead atoms. The normalized spacial score (nSPS) is 10.3. The highest BCUT2D eigenvalue weighted by molar-refractivity contribution is 6.39. The fourth-order valence-corrected chi connectivity index (χ4v) is 2.93. The molecule has 0 radical (unpaired) electrons. The minimum atomic E-state index is -0.192. The minimum absolute atomic E-state index is 0.102. The van der Waals surface area contributed by atoms with Crippen molar-refractivity contribution in [1.82, 2.24) is 5.32 Å². The molecule has 6 heteroatoms. The highest BCUT2D eigenvalue weighted by Crippen LogP contribution is 2.33. The third-order valence-corrected chi connectivity index (χ3v) is 4.06. The van der Waals surface area contributed by atoms with Crippen molar-refractivity contribution in [3.05, 3.63) is 64.1 Å². The molecule has 0 atom stereocenters. The lowest BCUT2D eigenvalue weighted by molar-refractivity contribution is -0.121. The molecular weight excluding hydrogens is 347 g/mol. The van der Waals surface area contributed by atoms with Crippen LogP contribution in [-0.4, -0.2) is 24.9 Å². The summed E-state index contributed by atoms with van der Waals surface area (Å²) in [5.41, 5.74) is 1.40. The molecule has 0 aliphatic rings. The van der Waals surface area contributed by atoms with E-state index in [1.807, 2.05) is 30.3 Å². The molecule has 0 aromatic heterocycles. The lowest BCUT2D eigenvalue weighted by Crippen LogP contribution is -2.38. The second-order valence-electron chi connectivity index (χ2n) is 5.25. The van der Waals surface area contributed by atoms with Gasteiger partial charge in [0.1, 0.15) is 0 Å². The van der Waals surface area contributed by atoms with Gasteiger partial charge in [-0.3, -0.25) is 9.59 Å². The van der Waals surface area contributed by atoms with Crippen molar-refractivity contribution in [1.29, 1.82) is 0 Å². The molecule has 0 saturated carbocycles. The maximum atomic E-state index is 12.0. The first-order valence-electron chi connectivity index (χ1n) is 7.52. The average molecular weight is 365 g/mol. The first kappa shape index (κ1) is 18.3. The zero-order chi connectivity index (χ0) is 17.5. The van der Waals surface area contributed by atoms with Gasteiger partial charge < -0.3 is 10.2 Å². The van der Waals surface area contributed by atoms with Gasteiger partial charge in [-0.25, -0.2) is 0 Å². The molecule has 126 valence electrons. The standard InChI is InChI=1S/C18H18Cl2N2O2/c1-13(23)22(18-15(19)8-5-9-16(18)20)11-10-21-17(24)12-14-6-3-2-4-7-14/h2-9H,10-12H2,1H3,(H,21,24). The van der Waals surface area contributed by atoms with Gasteiger partial charge in [0, 0.05) is 20.0 Å². The Balaban J connectivity index is 1.95. The molecule has 2 rings (SSSR count). The Bertz CT molecular complexity index is 700. The second-order valence-corrected chi connectivity index (χ2v) is 6.07. The van der Waals surface area contributed by atoms with Crippen molar-refractivity contribution in [3.8, 4) is 0 Å². The van der Waals surface area contributed by atoms with E-state index in [1.165, 1.54) is 11.8 Å². The summed E-state index contributed by atoms with van der Waals surface area (Å²) in [5.74, 6) is -0.294. The number of rotatable bonds is 6. The molecular formula is C18H18Cl2N2O2. The molecule has 0 saturated heterocycles. The largest absolute Gasteiger partial charge is 0.354 e. The topological polar surface area (TPSA) is 49.4 Å². The third kappa shape index (κ3) is 4.98. The van der Waals surface area contributed by atoms with E-state index in [4.69, 9.17) is 23.2 Å². The number of anilines is 1. The summed E-state index contributed by atoms with van der Waals surface area (Å²) >= 11 is 12.3. The van der Waals surface area contributed by atoms with E-state index >= 15 is 0 Å². The monoisotopic (exact) mass is 364 g/mol. The van der Waals surface area contributed by atoms with Crippen LogP contribution in [0.1, 0.15) is 12.5 Å². The number of hydrogen-bond acceptors (Lipinski definition) is 2. The van der Waals surface area contributed by atoms with Crippen molar-refractivity contribution in [2.75, 3.05) is 18.0 Å². The number of benzene rings is 2. The quantitative estimate of drug-likeness (QED) is 0.849. The molecule has 2 aromatic carbocycles. The summed E-state index contributed by atoms with van der Waals surface area (Å²) < 4.78 is 0. The number of halogens is 2. The van der Waals surface area contributed by atoms with Crippen LogP contribution in [0.4, 0.5) is 5.69 Å². The maximum Gasteiger partial charge on any atom is 0.224 e. The molecule has 4 nitrogen and oxygen atoms in total. The summed E-state index contributed by atoms with van der Waals surface area (Å²) in [5, 5.41) is 3.60. The summed E-state index contributed by atoms with van der Waals surface area (Å²) in [6.07, 6.45) is 0.299. The van der Waals surface area contributed by atoms with E-state index < -0.39 is 0 Å². The molecule has 24 heavy (non-hydrogen) atoms. The lowest BCUT2D eigenvalue weighted by atomic mass is 10.1. The van der Waals surface area contributed by atoms with Crippen LogP contribution in [0.2, 0.25) is 10.0 Å². The summed E-state index contributed by atoms with van der Waals surface area (Å²) in [7, 11) is 0. The van der Waals surface area contributed by atoms with Crippen LogP contribution in [0, 0.1) is 0 Å². The fourth-order valence-electron chi connectivity index (χ4n) is 2.32. The first-order valence-corrected chi connectivity index (χ1v) is 8.27. The molecule has 0 unspecified atom stereocenters. The maximum absolute atomic E-state index is 12.0. The number of para-hydroxylation sites is 1. The molecule has 0 aliphatic heterocycles. The Labute approximate surface area is 151 Å². The van der Waals surface area contributed by atoms with Gasteiger partial charge in [-0.2, -0.15) is 0 Å². The van der Waals surface area contributed by atoms with Crippen molar-refractivity contribution in [2.24, 2.45) is 0 Å². The predicted octanol–water partition coefficient (Wildman–Crippen LogP) is 3.71. The summed E-state index contributed by atoms with van der Waals surface area (Å²) in [4.78, 5) is 25.3. The number of nitrogens with one attached hydrogen (secondary N) is 1. The van der Waals surface area contributed by atoms with Gasteiger partial charge in [0.2, 0.25) is 11.8 Å². The Hall–Kier alpha value is -2.04. The van der Waals surface area contributed by atoms with Gasteiger partial charge in [0.05, 0.1) is 22.2 Å². The van der Waals surface area contributed by atoms with Crippen LogP contribution in [0.25, 0.3) is 0 Å². The van der Waals surface area contributed by atoms with E-state index in [1.54, 1.807) is 18.2 Å². The van der Waals surface area contributed by atoms with Gasteiger partial charge in [-0.1, -0.05) is 59.6 Å². The number of amides is 2. The smallest absolute Gasteiger partial charge is 0.224 e. The minimum Gasteiger partial charge on any atom is -0.354 e. The Morgan fingerprint density at radius 3 is 2.21 bits per heavy atom. The van der Waals surface area contributed by atoms with Crippen molar-refractivity contribution < 1.29 is 9.59 Å². The number of carbonyl (C=O) groups excluding carboxylic acids is 2. The van der Waals surface area contributed by atoms with Gasteiger partial charge in [0.15, 0.2) is 0 Å². The van der Waals surface area contributed by atoms with E-state index in [2.05, 4.69) is 5.32 Å². The molecule has 0 heterocycles. The second kappa shape index (κ2) is 8.71. The highest BCUT2D eigenvalue weighted by atomic mass is 35.5. The van der Waals surface area contributed by atoms with Crippen LogP contribution >= 0.6 is 23.2 Å². The van der Waals surface area contributed by atoms with Gasteiger partial charge in [0.25, 0.3) is 0 Å². The fraction of sp³-hybridized carbons (Fsp3) is 0.222. The molecule has 2 amide bonds. The Kier molecular flexibility index (Phi) is 6.64. The van der Waals surface area contributed by atoms with E-state index in [-0.39, 0.29) is 11.8 Å². The zero-order valence-corrected chi connectivity index (χ0v) is 14.8. The average Bonchev–Trinajstić information content (AvgIpc) is 2.53. The molecule has 1 N–H and O–H groups in total. The summed E-state index contributed by atoms with van der Waals surface area (Å²) in [6.45, 7) is 2.04. The van der Waals surface area contributed by atoms with Gasteiger partial charge in [-0.05, 0) is 17.7 Å². The van der Waals surface area contributed by atoms with Crippen molar-refractivity contribution >= 4 is 40.7 Å². The number of carbonyl (C=O) groups is 2. The molecule has 2 aromatic rings. The first-order chi connectivity index (χ1) is 11.5. The zero-order valence-electron chi connectivity index (χ0n) is 13.3. The number of hydrogen-bond donors (Lipinski definition) is 1. The van der Waals surface area contributed by atoms with Gasteiger partial charge >= 0.3 is 0 Å². The van der Waals surface area contributed by atoms with E-state index in [0.29, 0.717) is 35.2 Å². The van der Waals surface area contributed by atoms with Crippen molar-refractivity contribution in [2.45, 2.75) is 13.3 Å². The molecule has 0 aliphatic carbocycles. The predicted molar refractivity (Wildman–Crippen MR) is 97.6 cm³/mol. The molecule has 0 fully saturated rings. The third-order valence-electron chi connectivity index (χ3n) is 3.45. The van der Waals surface area contributed by atoms with Gasteiger partial charge in [-0.15, -0.1) is 0 Å². The number of nitrogens with zero attached hydrogens (tertiary/aromatic N) is 1. The van der Waals surface area contributed by atoms with E-state index in [9.17, 15) is 9.59 Å². The van der Waals surface area contributed by atoms with Crippen LogP contribution in [-0.2, 0) is 16.0 Å². The van der Waals surface area contributed by atoms with Crippen LogP contribution in [0.3, 0.4) is 0 Å². The van der Waals surface area contributed by atoms with E-state index in [0.717, 1.165) is 5.56 Å².